The van der Waals surface area contributed by atoms with Crippen LogP contribution in [-0.2, 0) is 9.59 Å². The first kappa shape index (κ1) is 19.9. The summed E-state index contributed by atoms with van der Waals surface area (Å²) in [6, 6.07) is 10.3. The first-order valence-corrected chi connectivity index (χ1v) is 10.2. The van der Waals surface area contributed by atoms with Crippen LogP contribution in [0.3, 0.4) is 0 Å². The number of carboxylic acids is 1. The van der Waals surface area contributed by atoms with Gasteiger partial charge in [-0.1, -0.05) is 65.9 Å². The number of amides is 1. The fraction of sp³-hybridized carbons (Fsp3) is 0.211. The molecule has 1 aliphatic rings. The molecule has 1 aromatic carbocycles. The molecular formula is C19H16BrNO4S2. The molecule has 5 nitrogen and oxygen atoms in total. The van der Waals surface area contributed by atoms with Crippen LogP contribution in [0.5, 0.6) is 0 Å². The molecule has 0 saturated carbocycles. The molecule has 1 N–H and O–H groups in total. The Morgan fingerprint density at radius 1 is 1.26 bits per heavy atom. The number of thioether (sulfide) groups is 1. The molecule has 1 fully saturated rings. The van der Waals surface area contributed by atoms with Gasteiger partial charge in [0.15, 0.2) is 0 Å². The summed E-state index contributed by atoms with van der Waals surface area (Å²) in [7, 11) is 0. The first-order chi connectivity index (χ1) is 12.8. The molecule has 0 bridgehead atoms. The number of hydrogen-bond donors (Lipinski definition) is 1. The van der Waals surface area contributed by atoms with Crippen LogP contribution < -0.4 is 0 Å². The highest BCUT2D eigenvalue weighted by Gasteiger charge is 2.42. The molecule has 2 heterocycles. The van der Waals surface area contributed by atoms with Crippen LogP contribution in [0.4, 0.5) is 0 Å². The lowest BCUT2D eigenvalue weighted by Crippen LogP contribution is -2.47. The molecule has 0 spiro atoms. The topological polar surface area (TPSA) is 70.8 Å². The Kier molecular flexibility index (Phi) is 5.88. The standard InChI is InChI=1S/C19H16BrNO4S2/c1-10(2)16(18(23)24)21-17(22)15(27-19(21)26)9-13-7-8-14(25-13)11-3-5-12(20)6-4-11/h3-10,16H,1-2H3,(H,23,24)/b15-9-/t16-/m1/s1. The molecule has 1 saturated heterocycles. The van der Waals surface area contributed by atoms with Gasteiger partial charge in [-0.05, 0) is 30.2 Å². The molecule has 0 radical (unpaired) electrons. The first-order valence-electron chi connectivity index (χ1n) is 8.13. The summed E-state index contributed by atoms with van der Waals surface area (Å²) in [4.78, 5) is 25.8. The van der Waals surface area contributed by atoms with Crippen molar-refractivity contribution in [3.8, 4) is 11.3 Å². The Labute approximate surface area is 174 Å². The third-order valence-electron chi connectivity index (χ3n) is 4.02. The number of carboxylic acid groups (broad SMARTS) is 1. The third-order valence-corrected chi connectivity index (χ3v) is 5.87. The van der Waals surface area contributed by atoms with Crippen molar-refractivity contribution in [2.75, 3.05) is 0 Å². The van der Waals surface area contributed by atoms with Gasteiger partial charge < -0.3 is 9.52 Å². The van der Waals surface area contributed by atoms with Gasteiger partial charge in [0.05, 0.1) is 4.91 Å². The molecule has 0 unspecified atom stereocenters. The zero-order chi connectivity index (χ0) is 19.7. The van der Waals surface area contributed by atoms with Gasteiger partial charge in [0.25, 0.3) is 5.91 Å². The second-order valence-corrected chi connectivity index (χ2v) is 8.88. The highest BCUT2D eigenvalue weighted by atomic mass is 79.9. The van der Waals surface area contributed by atoms with E-state index in [-0.39, 0.29) is 10.2 Å². The summed E-state index contributed by atoms with van der Waals surface area (Å²) in [6.45, 7) is 3.50. The maximum Gasteiger partial charge on any atom is 0.327 e. The largest absolute Gasteiger partial charge is 0.480 e. The lowest BCUT2D eigenvalue weighted by molar-refractivity contribution is -0.146. The summed E-state index contributed by atoms with van der Waals surface area (Å²) in [5.74, 6) is -0.567. The number of benzene rings is 1. The zero-order valence-electron chi connectivity index (χ0n) is 14.5. The summed E-state index contributed by atoms with van der Waals surface area (Å²) >= 11 is 9.73. The van der Waals surface area contributed by atoms with Crippen LogP contribution in [0, 0.1) is 5.92 Å². The van der Waals surface area contributed by atoms with E-state index >= 15 is 0 Å². The summed E-state index contributed by atoms with van der Waals surface area (Å²) in [5.41, 5.74) is 0.913. The second-order valence-electron chi connectivity index (χ2n) is 6.29. The normalized spacial score (nSPS) is 17.2. The minimum absolute atomic E-state index is 0.243. The summed E-state index contributed by atoms with van der Waals surface area (Å²) in [5, 5.41) is 9.46. The minimum Gasteiger partial charge on any atom is -0.480 e. The van der Waals surface area contributed by atoms with Crippen LogP contribution in [0.15, 0.2) is 50.2 Å². The van der Waals surface area contributed by atoms with Crippen molar-refractivity contribution in [2.24, 2.45) is 5.92 Å². The van der Waals surface area contributed by atoms with Crippen molar-refractivity contribution in [3.05, 3.63) is 51.5 Å². The molecule has 1 aliphatic heterocycles. The van der Waals surface area contributed by atoms with Crippen LogP contribution >= 0.6 is 39.9 Å². The Balaban J connectivity index is 1.86. The fourth-order valence-corrected chi connectivity index (χ4v) is 4.32. The quantitative estimate of drug-likeness (QED) is 0.493. The molecule has 8 heteroatoms. The van der Waals surface area contributed by atoms with E-state index in [4.69, 9.17) is 16.6 Å². The lowest BCUT2D eigenvalue weighted by atomic mass is 10.0. The average molecular weight is 466 g/mol. The van der Waals surface area contributed by atoms with E-state index in [1.165, 1.54) is 4.90 Å². The average Bonchev–Trinajstić information content (AvgIpc) is 3.16. The summed E-state index contributed by atoms with van der Waals surface area (Å²) in [6.07, 6.45) is 1.60. The van der Waals surface area contributed by atoms with Gasteiger partial charge in [0.2, 0.25) is 0 Å². The number of nitrogens with zero attached hydrogens (tertiary/aromatic N) is 1. The molecule has 1 amide bonds. The SMILES string of the molecule is CC(C)[C@H](C(=O)O)N1C(=O)/C(=C/c2ccc(-c3ccc(Br)cc3)o2)SC1=S. The molecule has 1 aromatic heterocycles. The molecule has 140 valence electrons. The van der Waals surface area contributed by atoms with E-state index in [0.717, 1.165) is 21.8 Å². The molecule has 1 atom stereocenters. The smallest absolute Gasteiger partial charge is 0.327 e. The number of rotatable bonds is 5. The Morgan fingerprint density at radius 3 is 2.52 bits per heavy atom. The van der Waals surface area contributed by atoms with Gasteiger partial charge in [-0.15, -0.1) is 0 Å². The van der Waals surface area contributed by atoms with Gasteiger partial charge in [-0.2, -0.15) is 0 Å². The van der Waals surface area contributed by atoms with E-state index in [2.05, 4.69) is 15.9 Å². The predicted molar refractivity (Wildman–Crippen MR) is 113 cm³/mol. The van der Waals surface area contributed by atoms with Gasteiger partial charge >= 0.3 is 5.97 Å². The third kappa shape index (κ3) is 4.17. The maximum absolute atomic E-state index is 12.7. The van der Waals surface area contributed by atoms with Gasteiger partial charge in [-0.3, -0.25) is 9.69 Å². The molecular weight excluding hydrogens is 450 g/mol. The van der Waals surface area contributed by atoms with Crippen LogP contribution in [0.1, 0.15) is 19.6 Å². The number of carbonyl (C=O) groups is 2. The second kappa shape index (κ2) is 8.00. The minimum atomic E-state index is -1.07. The molecule has 27 heavy (non-hydrogen) atoms. The molecule has 0 aliphatic carbocycles. The van der Waals surface area contributed by atoms with E-state index in [1.54, 1.807) is 26.0 Å². The monoisotopic (exact) mass is 465 g/mol. The number of furan rings is 1. The van der Waals surface area contributed by atoms with Crippen molar-refractivity contribution in [3.63, 3.8) is 0 Å². The molecule has 2 aromatic rings. The van der Waals surface area contributed by atoms with E-state index in [9.17, 15) is 14.7 Å². The van der Waals surface area contributed by atoms with Crippen LogP contribution in [-0.4, -0.2) is 32.2 Å². The Morgan fingerprint density at radius 2 is 1.93 bits per heavy atom. The van der Waals surface area contributed by atoms with Crippen LogP contribution in [0.2, 0.25) is 0 Å². The predicted octanol–water partition coefficient (Wildman–Crippen LogP) is 5.02. The van der Waals surface area contributed by atoms with Crippen LogP contribution in [0.25, 0.3) is 17.4 Å². The number of halogens is 1. The van der Waals surface area contributed by atoms with Crippen molar-refractivity contribution in [1.82, 2.24) is 4.90 Å². The van der Waals surface area contributed by atoms with E-state index in [1.807, 2.05) is 30.3 Å². The van der Waals surface area contributed by atoms with Gasteiger partial charge in [-0.25, -0.2) is 4.79 Å². The number of carbonyl (C=O) groups excluding carboxylic acids is 1. The maximum atomic E-state index is 12.7. The Bertz CT molecular complexity index is 933. The Hall–Kier alpha value is -1.90. The van der Waals surface area contributed by atoms with Gasteiger partial charge in [0.1, 0.15) is 21.9 Å². The lowest BCUT2D eigenvalue weighted by Gasteiger charge is -2.26. The zero-order valence-corrected chi connectivity index (χ0v) is 17.7. The van der Waals surface area contributed by atoms with E-state index in [0.29, 0.717) is 16.4 Å². The van der Waals surface area contributed by atoms with Crippen molar-refractivity contribution in [2.45, 2.75) is 19.9 Å². The number of thiocarbonyl (C=S) groups is 1. The summed E-state index contributed by atoms with van der Waals surface area (Å²) < 4.78 is 7.03. The number of aliphatic carboxylic acids is 1. The fourth-order valence-electron chi connectivity index (χ4n) is 2.74. The van der Waals surface area contributed by atoms with Crippen molar-refractivity contribution < 1.29 is 19.1 Å². The van der Waals surface area contributed by atoms with Crippen molar-refractivity contribution >= 4 is 62.2 Å². The van der Waals surface area contributed by atoms with Crippen molar-refractivity contribution in [1.29, 1.82) is 0 Å². The van der Waals surface area contributed by atoms with E-state index < -0.39 is 17.9 Å². The molecule has 3 rings (SSSR count). The highest BCUT2D eigenvalue weighted by Crippen LogP contribution is 2.36. The van der Waals surface area contributed by atoms with Gasteiger partial charge in [0, 0.05) is 16.1 Å². The highest BCUT2D eigenvalue weighted by molar-refractivity contribution is 9.10. The number of hydrogen-bond acceptors (Lipinski definition) is 5.